The van der Waals surface area contributed by atoms with Crippen molar-refractivity contribution in [3.05, 3.63) is 64.4 Å². The molecule has 2 heterocycles. The van der Waals surface area contributed by atoms with Crippen molar-refractivity contribution in [2.75, 3.05) is 11.2 Å². The predicted octanol–water partition coefficient (Wildman–Crippen LogP) is 5.33. The highest BCUT2D eigenvalue weighted by molar-refractivity contribution is 7.98. The Morgan fingerprint density at radius 2 is 2.00 bits per heavy atom. The molecule has 4 rings (SSSR count). The average Bonchev–Trinajstić information content (AvgIpc) is 2.68. The Kier molecular flexibility index (Phi) is 4.95. The molecule has 2 aromatic carbocycles. The molecule has 0 bridgehead atoms. The first-order valence-electron chi connectivity index (χ1n) is 8.53. The van der Waals surface area contributed by atoms with Crippen molar-refractivity contribution < 1.29 is 9.18 Å². The second-order valence-electron chi connectivity index (χ2n) is 6.27. The number of urea groups is 1. The van der Waals surface area contributed by atoms with Gasteiger partial charge >= 0.3 is 6.03 Å². The number of carbonyl (C=O) groups is 1. The third-order valence-electron chi connectivity index (χ3n) is 4.52. The molecule has 0 radical (unpaired) electrons. The zero-order chi connectivity index (χ0) is 19.8. The molecule has 0 saturated carbocycles. The van der Waals surface area contributed by atoms with E-state index in [1.807, 2.05) is 19.2 Å². The number of nitrogens with zero attached hydrogens (tertiary/aromatic N) is 3. The topological polar surface area (TPSA) is 58.1 Å². The largest absolute Gasteiger partial charge is 0.333 e. The maximum absolute atomic E-state index is 13.6. The van der Waals surface area contributed by atoms with Gasteiger partial charge in [-0.25, -0.2) is 24.1 Å². The van der Waals surface area contributed by atoms with Gasteiger partial charge in [0.1, 0.15) is 5.82 Å². The lowest BCUT2D eigenvalue weighted by atomic mass is 10.00. The minimum atomic E-state index is -0.312. The Morgan fingerprint density at radius 1 is 1.21 bits per heavy atom. The standard InChI is InChI=1S/C20H16ClFN4OS/c1-11-9-12(22)7-8-13(11)17-14-10-23-20(27)26(16-6-4-3-5-15(16)21)18(14)25-19(24-17)28-2/h3-9H,10H2,1-2H3,(H,23,27). The Balaban J connectivity index is 1.98. The van der Waals surface area contributed by atoms with Crippen molar-refractivity contribution in [1.29, 1.82) is 0 Å². The van der Waals surface area contributed by atoms with Crippen molar-refractivity contribution in [3.8, 4) is 11.3 Å². The minimum Gasteiger partial charge on any atom is -0.333 e. The summed E-state index contributed by atoms with van der Waals surface area (Å²) in [4.78, 5) is 23.4. The fraction of sp³-hybridized carbons (Fsp3) is 0.150. The number of fused-ring (bicyclic) bond motifs is 1. The zero-order valence-corrected chi connectivity index (χ0v) is 16.7. The number of aromatic nitrogens is 2. The number of carbonyl (C=O) groups excluding carboxylic acids is 1. The van der Waals surface area contributed by atoms with Gasteiger partial charge in [-0.2, -0.15) is 0 Å². The molecule has 0 unspecified atom stereocenters. The van der Waals surface area contributed by atoms with Crippen LogP contribution in [0.15, 0.2) is 47.6 Å². The molecule has 1 N–H and O–H groups in total. The summed E-state index contributed by atoms with van der Waals surface area (Å²) in [6, 6.07) is 11.4. The molecule has 3 aromatic rings. The van der Waals surface area contributed by atoms with E-state index in [9.17, 15) is 9.18 Å². The predicted molar refractivity (Wildman–Crippen MR) is 110 cm³/mol. The van der Waals surface area contributed by atoms with E-state index < -0.39 is 0 Å². The van der Waals surface area contributed by atoms with Crippen molar-refractivity contribution in [1.82, 2.24) is 15.3 Å². The van der Waals surface area contributed by atoms with Crippen LogP contribution in [-0.2, 0) is 6.54 Å². The molecule has 1 aromatic heterocycles. The Hall–Kier alpha value is -2.64. The Labute approximate surface area is 171 Å². The molecular formula is C20H16ClFN4OS. The first-order valence-corrected chi connectivity index (χ1v) is 10.1. The van der Waals surface area contributed by atoms with E-state index in [2.05, 4.69) is 15.3 Å². The molecule has 8 heteroatoms. The number of hydrogen-bond donors (Lipinski definition) is 1. The van der Waals surface area contributed by atoms with Gasteiger partial charge in [0, 0.05) is 11.1 Å². The molecule has 0 spiro atoms. The normalized spacial score (nSPS) is 13.3. The first-order chi connectivity index (χ1) is 13.5. The minimum absolute atomic E-state index is 0.274. The summed E-state index contributed by atoms with van der Waals surface area (Å²) in [6.07, 6.45) is 1.87. The lowest BCUT2D eigenvalue weighted by Gasteiger charge is -2.31. The highest BCUT2D eigenvalue weighted by Crippen LogP contribution is 2.39. The van der Waals surface area contributed by atoms with E-state index in [0.717, 1.165) is 16.7 Å². The molecule has 0 fully saturated rings. The second-order valence-corrected chi connectivity index (χ2v) is 7.45. The van der Waals surface area contributed by atoms with Crippen LogP contribution in [0.4, 0.5) is 20.7 Å². The van der Waals surface area contributed by atoms with Crippen molar-refractivity contribution >= 4 is 40.9 Å². The summed E-state index contributed by atoms with van der Waals surface area (Å²) in [5, 5.41) is 3.82. The van der Waals surface area contributed by atoms with Crippen LogP contribution in [0.2, 0.25) is 5.02 Å². The SMILES string of the molecule is CSc1nc(-c2ccc(F)cc2C)c2c(n1)N(c1ccccc1Cl)C(=O)NC2. The van der Waals surface area contributed by atoms with Crippen LogP contribution in [0.1, 0.15) is 11.1 Å². The fourth-order valence-corrected chi connectivity index (χ4v) is 3.78. The zero-order valence-electron chi connectivity index (χ0n) is 15.2. The summed E-state index contributed by atoms with van der Waals surface area (Å²) in [5.41, 5.74) is 3.52. The molecule has 0 aliphatic carbocycles. The maximum Gasteiger partial charge on any atom is 0.328 e. The van der Waals surface area contributed by atoms with Crippen molar-refractivity contribution in [2.24, 2.45) is 0 Å². The summed E-state index contributed by atoms with van der Waals surface area (Å²) in [7, 11) is 0. The third-order valence-corrected chi connectivity index (χ3v) is 5.38. The Morgan fingerprint density at radius 3 is 2.71 bits per heavy atom. The van der Waals surface area contributed by atoms with Crippen LogP contribution in [0.3, 0.4) is 0 Å². The fourth-order valence-electron chi connectivity index (χ4n) is 3.20. The number of aryl methyl sites for hydroxylation is 1. The van der Waals surface area contributed by atoms with Crippen molar-refractivity contribution in [2.45, 2.75) is 18.6 Å². The highest BCUT2D eigenvalue weighted by Gasteiger charge is 2.31. The van der Waals surface area contributed by atoms with E-state index >= 15 is 0 Å². The summed E-state index contributed by atoms with van der Waals surface area (Å²) in [6.45, 7) is 2.11. The molecule has 0 atom stereocenters. The number of nitrogens with one attached hydrogen (secondary N) is 1. The molecule has 0 saturated heterocycles. The number of hydrogen-bond acceptors (Lipinski definition) is 4. The first kappa shape index (κ1) is 18.7. The molecule has 1 aliphatic heterocycles. The molecular weight excluding hydrogens is 399 g/mol. The number of benzene rings is 2. The Bertz CT molecular complexity index is 1090. The summed E-state index contributed by atoms with van der Waals surface area (Å²) >= 11 is 7.72. The average molecular weight is 415 g/mol. The molecule has 5 nitrogen and oxygen atoms in total. The number of amides is 2. The van der Waals surface area contributed by atoms with E-state index in [-0.39, 0.29) is 18.4 Å². The lowest BCUT2D eigenvalue weighted by Crippen LogP contribution is -2.42. The number of anilines is 2. The van der Waals surface area contributed by atoms with Crippen LogP contribution in [0.25, 0.3) is 11.3 Å². The molecule has 28 heavy (non-hydrogen) atoms. The van der Waals surface area contributed by atoms with E-state index in [1.165, 1.54) is 28.8 Å². The third kappa shape index (κ3) is 3.21. The van der Waals surface area contributed by atoms with Crippen LogP contribution < -0.4 is 10.2 Å². The lowest BCUT2D eigenvalue weighted by molar-refractivity contribution is 0.246. The highest BCUT2D eigenvalue weighted by atomic mass is 35.5. The number of thioether (sulfide) groups is 1. The van der Waals surface area contributed by atoms with Gasteiger partial charge in [0.05, 0.1) is 22.9 Å². The number of halogens is 2. The van der Waals surface area contributed by atoms with Gasteiger partial charge in [0.15, 0.2) is 11.0 Å². The van der Waals surface area contributed by atoms with Crippen LogP contribution >= 0.6 is 23.4 Å². The summed E-state index contributed by atoms with van der Waals surface area (Å²) in [5.74, 6) is 0.176. The molecule has 2 amide bonds. The second kappa shape index (κ2) is 7.41. The number of rotatable bonds is 3. The van der Waals surface area contributed by atoms with Gasteiger partial charge in [-0.1, -0.05) is 35.5 Å². The summed E-state index contributed by atoms with van der Waals surface area (Å²) < 4.78 is 13.6. The monoisotopic (exact) mass is 414 g/mol. The van der Waals surface area contributed by atoms with Gasteiger partial charge < -0.3 is 5.32 Å². The van der Waals surface area contributed by atoms with E-state index in [1.54, 1.807) is 24.3 Å². The van der Waals surface area contributed by atoms with Gasteiger partial charge in [-0.05, 0) is 49.1 Å². The molecule has 1 aliphatic rings. The number of para-hydroxylation sites is 1. The quantitative estimate of drug-likeness (QED) is 0.465. The van der Waals surface area contributed by atoms with Gasteiger partial charge in [-0.3, -0.25) is 0 Å². The van der Waals surface area contributed by atoms with Crippen LogP contribution in [0, 0.1) is 12.7 Å². The van der Waals surface area contributed by atoms with Crippen molar-refractivity contribution in [3.63, 3.8) is 0 Å². The van der Waals surface area contributed by atoms with Crippen LogP contribution in [-0.4, -0.2) is 22.3 Å². The van der Waals surface area contributed by atoms with Gasteiger partial charge in [0.25, 0.3) is 0 Å². The van der Waals surface area contributed by atoms with E-state index in [4.69, 9.17) is 11.6 Å². The van der Waals surface area contributed by atoms with E-state index in [0.29, 0.717) is 27.4 Å². The van der Waals surface area contributed by atoms with Crippen LogP contribution in [0.5, 0.6) is 0 Å². The van der Waals surface area contributed by atoms with Gasteiger partial charge in [0.2, 0.25) is 0 Å². The molecule has 142 valence electrons. The maximum atomic E-state index is 13.6. The van der Waals surface area contributed by atoms with Gasteiger partial charge in [-0.15, -0.1) is 0 Å². The smallest absolute Gasteiger partial charge is 0.328 e.